The number of carbonyl (C=O) groups is 1. The highest BCUT2D eigenvalue weighted by Crippen LogP contribution is 2.29. The molecule has 2 rings (SSSR count). The fraction of sp³-hybridized carbons (Fsp3) is 0.533. The lowest BCUT2D eigenvalue weighted by molar-refractivity contribution is -0.122. The molecule has 0 spiro atoms. The van der Waals surface area contributed by atoms with Crippen LogP contribution in [0.3, 0.4) is 0 Å². The van der Waals surface area contributed by atoms with E-state index in [4.69, 9.17) is 17.3 Å². The van der Waals surface area contributed by atoms with Gasteiger partial charge in [0, 0.05) is 27.5 Å². The molecule has 1 atom stereocenters. The van der Waals surface area contributed by atoms with Crippen molar-refractivity contribution >= 4 is 33.4 Å². The zero-order valence-electron chi connectivity index (χ0n) is 11.5. The van der Waals surface area contributed by atoms with Crippen molar-refractivity contribution in [3.8, 4) is 0 Å². The van der Waals surface area contributed by atoms with Gasteiger partial charge >= 0.3 is 0 Å². The van der Waals surface area contributed by atoms with E-state index in [0.29, 0.717) is 6.04 Å². The minimum Gasteiger partial charge on any atom is -0.369 e. The van der Waals surface area contributed by atoms with Gasteiger partial charge in [0.25, 0.3) is 0 Å². The molecule has 1 saturated carbocycles. The van der Waals surface area contributed by atoms with Gasteiger partial charge in [0.05, 0.1) is 0 Å². The number of primary amides is 1. The fourth-order valence-electron chi connectivity index (χ4n) is 2.84. The first-order chi connectivity index (χ1) is 9.47. The van der Waals surface area contributed by atoms with E-state index in [1.807, 2.05) is 18.2 Å². The van der Waals surface area contributed by atoms with Gasteiger partial charge in [-0.1, -0.05) is 33.6 Å². The van der Waals surface area contributed by atoms with Crippen LogP contribution in [0.15, 0.2) is 22.7 Å². The molecule has 1 aliphatic rings. The van der Waals surface area contributed by atoms with Crippen LogP contribution < -0.4 is 11.1 Å². The smallest absolute Gasteiger partial charge is 0.220 e. The number of benzene rings is 1. The first-order valence-corrected chi connectivity index (χ1v) is 8.14. The third-order valence-corrected chi connectivity index (χ3v) is 4.86. The van der Waals surface area contributed by atoms with Crippen LogP contribution in [-0.4, -0.2) is 11.9 Å². The van der Waals surface area contributed by atoms with Crippen molar-refractivity contribution in [2.75, 3.05) is 0 Å². The molecule has 1 amide bonds. The summed E-state index contributed by atoms with van der Waals surface area (Å²) in [5.74, 6) is -0.105. The molecule has 110 valence electrons. The van der Waals surface area contributed by atoms with Crippen molar-refractivity contribution in [3.63, 3.8) is 0 Å². The Morgan fingerprint density at radius 1 is 1.40 bits per heavy atom. The second-order valence-corrected chi connectivity index (χ2v) is 6.83. The standard InChI is InChI=1S/C15H20BrClN2O/c1-9(13-7-4-11(16)8-14(13)17)19-12-5-2-10(3-6-12)15(18)20/h4,7-10,12,19H,2-3,5-6H2,1H3,(H2,18,20). The Balaban J connectivity index is 1.92. The molecule has 1 aromatic carbocycles. The molecule has 1 aliphatic carbocycles. The van der Waals surface area contributed by atoms with Gasteiger partial charge in [-0.2, -0.15) is 0 Å². The molecule has 0 heterocycles. The number of carbonyl (C=O) groups excluding carboxylic acids is 1. The molecular weight excluding hydrogens is 340 g/mol. The highest BCUT2D eigenvalue weighted by atomic mass is 79.9. The minimum absolute atomic E-state index is 0.0552. The highest BCUT2D eigenvalue weighted by molar-refractivity contribution is 9.10. The third-order valence-electron chi connectivity index (χ3n) is 4.04. The van der Waals surface area contributed by atoms with Gasteiger partial charge in [0.2, 0.25) is 5.91 Å². The topological polar surface area (TPSA) is 55.1 Å². The second-order valence-electron chi connectivity index (χ2n) is 5.51. The average Bonchev–Trinajstić information content (AvgIpc) is 2.39. The van der Waals surface area contributed by atoms with E-state index >= 15 is 0 Å². The zero-order chi connectivity index (χ0) is 14.7. The molecule has 1 aromatic rings. The summed E-state index contributed by atoms with van der Waals surface area (Å²) in [6.07, 6.45) is 3.75. The number of rotatable bonds is 4. The van der Waals surface area contributed by atoms with Gasteiger partial charge in [0.1, 0.15) is 0 Å². The van der Waals surface area contributed by atoms with Crippen molar-refractivity contribution < 1.29 is 4.79 Å². The Kier molecular flexibility index (Phi) is 5.47. The molecule has 3 N–H and O–H groups in total. The van der Waals surface area contributed by atoms with Gasteiger partial charge in [-0.15, -0.1) is 0 Å². The van der Waals surface area contributed by atoms with Crippen molar-refractivity contribution in [1.82, 2.24) is 5.32 Å². The Labute approximate surface area is 133 Å². The molecule has 0 aromatic heterocycles. The molecule has 0 radical (unpaired) electrons. The molecule has 1 unspecified atom stereocenters. The number of halogens is 2. The fourth-order valence-corrected chi connectivity index (χ4v) is 3.68. The maximum atomic E-state index is 11.2. The van der Waals surface area contributed by atoms with E-state index in [1.165, 1.54) is 0 Å². The molecule has 5 heteroatoms. The summed E-state index contributed by atoms with van der Waals surface area (Å²) < 4.78 is 0.986. The normalized spacial score (nSPS) is 24.4. The van der Waals surface area contributed by atoms with Crippen LogP contribution in [0.2, 0.25) is 5.02 Å². The zero-order valence-corrected chi connectivity index (χ0v) is 13.9. The summed E-state index contributed by atoms with van der Waals surface area (Å²) in [4.78, 5) is 11.2. The summed E-state index contributed by atoms with van der Waals surface area (Å²) in [5, 5.41) is 4.37. The SMILES string of the molecule is CC(NC1CCC(C(N)=O)CC1)c1ccc(Br)cc1Cl. The summed E-state index contributed by atoms with van der Waals surface area (Å²) in [5.41, 5.74) is 6.46. The van der Waals surface area contributed by atoms with Crippen LogP contribution in [0.25, 0.3) is 0 Å². The van der Waals surface area contributed by atoms with Gasteiger partial charge < -0.3 is 11.1 Å². The summed E-state index contributed by atoms with van der Waals surface area (Å²) in [6.45, 7) is 2.12. The van der Waals surface area contributed by atoms with Crippen LogP contribution in [-0.2, 0) is 4.79 Å². The van der Waals surface area contributed by atoms with Crippen LogP contribution in [0.1, 0.15) is 44.2 Å². The molecule has 0 saturated heterocycles. The second kappa shape index (κ2) is 6.92. The van der Waals surface area contributed by atoms with Crippen LogP contribution in [0.4, 0.5) is 0 Å². The van der Waals surface area contributed by atoms with Gasteiger partial charge in [-0.3, -0.25) is 4.79 Å². The van der Waals surface area contributed by atoms with Crippen LogP contribution in [0.5, 0.6) is 0 Å². The molecular formula is C15H20BrClN2O. The lowest BCUT2D eigenvalue weighted by Crippen LogP contribution is -2.37. The minimum atomic E-state index is -0.160. The van der Waals surface area contributed by atoms with Crippen molar-refractivity contribution in [2.24, 2.45) is 11.7 Å². The monoisotopic (exact) mass is 358 g/mol. The molecule has 3 nitrogen and oxygen atoms in total. The van der Waals surface area contributed by atoms with E-state index in [1.54, 1.807) is 0 Å². The van der Waals surface area contributed by atoms with Gasteiger partial charge in [0.15, 0.2) is 0 Å². The highest BCUT2D eigenvalue weighted by Gasteiger charge is 2.25. The van der Waals surface area contributed by atoms with Gasteiger partial charge in [-0.25, -0.2) is 0 Å². The molecule has 0 bridgehead atoms. The largest absolute Gasteiger partial charge is 0.369 e. The Bertz CT molecular complexity index is 487. The van der Waals surface area contributed by atoms with Crippen LogP contribution >= 0.6 is 27.5 Å². The number of hydrogen-bond acceptors (Lipinski definition) is 2. The predicted octanol–water partition coefficient (Wildman–Crippen LogP) is 3.80. The lowest BCUT2D eigenvalue weighted by atomic mass is 9.85. The van der Waals surface area contributed by atoms with E-state index in [0.717, 1.165) is 40.7 Å². The third kappa shape index (κ3) is 3.96. The maximum absolute atomic E-state index is 11.2. The Morgan fingerprint density at radius 2 is 2.05 bits per heavy atom. The quantitative estimate of drug-likeness (QED) is 0.859. The number of amides is 1. The Morgan fingerprint density at radius 3 is 2.60 bits per heavy atom. The predicted molar refractivity (Wildman–Crippen MR) is 85.6 cm³/mol. The summed E-state index contributed by atoms with van der Waals surface area (Å²) in [6, 6.07) is 6.59. The molecule has 0 aliphatic heterocycles. The summed E-state index contributed by atoms with van der Waals surface area (Å²) in [7, 11) is 0. The van der Waals surface area contributed by atoms with E-state index < -0.39 is 0 Å². The van der Waals surface area contributed by atoms with E-state index in [2.05, 4.69) is 28.2 Å². The summed E-state index contributed by atoms with van der Waals surface area (Å²) >= 11 is 9.69. The van der Waals surface area contributed by atoms with Gasteiger partial charge in [-0.05, 0) is 50.3 Å². The van der Waals surface area contributed by atoms with Crippen LogP contribution in [0, 0.1) is 5.92 Å². The first kappa shape index (κ1) is 15.8. The van der Waals surface area contributed by atoms with Crippen molar-refractivity contribution in [3.05, 3.63) is 33.3 Å². The molecule has 20 heavy (non-hydrogen) atoms. The average molecular weight is 360 g/mol. The maximum Gasteiger partial charge on any atom is 0.220 e. The number of hydrogen-bond donors (Lipinski definition) is 2. The van der Waals surface area contributed by atoms with E-state index in [-0.39, 0.29) is 17.9 Å². The molecule has 1 fully saturated rings. The number of nitrogens with two attached hydrogens (primary N) is 1. The Hall–Kier alpha value is -0.580. The number of nitrogens with one attached hydrogen (secondary N) is 1. The van der Waals surface area contributed by atoms with Crippen molar-refractivity contribution in [1.29, 1.82) is 0 Å². The lowest BCUT2D eigenvalue weighted by Gasteiger charge is -2.30. The van der Waals surface area contributed by atoms with Crippen molar-refractivity contribution in [2.45, 2.75) is 44.7 Å². The van der Waals surface area contributed by atoms with E-state index in [9.17, 15) is 4.79 Å². The first-order valence-electron chi connectivity index (χ1n) is 6.97.